The number of hydrogen-bond acceptors (Lipinski definition) is 5. The first kappa shape index (κ1) is 19.4. The van der Waals surface area contributed by atoms with Crippen LogP contribution in [0.3, 0.4) is 0 Å². The molecule has 0 aliphatic carbocycles. The number of nitrogens with zero attached hydrogens (tertiary/aromatic N) is 3. The van der Waals surface area contributed by atoms with E-state index < -0.39 is 5.63 Å². The molecule has 1 aromatic rings. The van der Waals surface area contributed by atoms with Crippen molar-refractivity contribution in [2.45, 2.75) is 25.7 Å². The summed E-state index contributed by atoms with van der Waals surface area (Å²) >= 11 is 0. The van der Waals surface area contributed by atoms with Crippen molar-refractivity contribution < 1.29 is 14.0 Å². The van der Waals surface area contributed by atoms with E-state index in [1.165, 1.54) is 4.90 Å². The second kappa shape index (κ2) is 8.12. The van der Waals surface area contributed by atoms with Gasteiger partial charge in [-0.1, -0.05) is 0 Å². The van der Waals surface area contributed by atoms with Gasteiger partial charge in [-0.15, -0.1) is 0 Å². The van der Waals surface area contributed by atoms with E-state index in [0.29, 0.717) is 37.5 Å². The van der Waals surface area contributed by atoms with Gasteiger partial charge in [-0.25, -0.2) is 9.59 Å². The Bertz CT molecular complexity index is 759. The summed E-state index contributed by atoms with van der Waals surface area (Å²) in [5.74, 6) is 0.518. The van der Waals surface area contributed by atoms with E-state index in [2.05, 4.69) is 5.32 Å². The van der Waals surface area contributed by atoms with Crippen LogP contribution in [0.2, 0.25) is 0 Å². The fourth-order valence-electron chi connectivity index (χ4n) is 3.73. The van der Waals surface area contributed by atoms with E-state index in [9.17, 15) is 14.4 Å². The molecule has 2 fully saturated rings. The lowest BCUT2D eigenvalue weighted by Crippen LogP contribution is -2.53. The summed E-state index contributed by atoms with van der Waals surface area (Å²) in [5, 5.41) is 3.31. The molecular formula is C19H28N4O4. The molecule has 3 amide bonds. The van der Waals surface area contributed by atoms with Gasteiger partial charge in [0, 0.05) is 52.7 Å². The zero-order chi connectivity index (χ0) is 19.6. The van der Waals surface area contributed by atoms with Crippen molar-refractivity contribution in [3.63, 3.8) is 0 Å². The van der Waals surface area contributed by atoms with Gasteiger partial charge in [0.2, 0.25) is 0 Å². The molecule has 2 aliphatic heterocycles. The zero-order valence-electron chi connectivity index (χ0n) is 16.3. The van der Waals surface area contributed by atoms with E-state index in [-0.39, 0.29) is 23.4 Å². The Morgan fingerprint density at radius 1 is 1.19 bits per heavy atom. The molecule has 2 aliphatic rings. The number of aryl methyl sites for hydroxylation is 1. The number of carbonyl (C=O) groups is 2. The minimum absolute atomic E-state index is 0.0664. The first-order valence-corrected chi connectivity index (χ1v) is 9.49. The lowest BCUT2D eigenvalue weighted by atomic mass is 9.95. The maximum atomic E-state index is 12.9. The summed E-state index contributed by atoms with van der Waals surface area (Å²) in [7, 11) is 3.41. The molecule has 27 heavy (non-hydrogen) atoms. The van der Waals surface area contributed by atoms with Gasteiger partial charge in [-0.2, -0.15) is 0 Å². The highest BCUT2D eigenvalue weighted by Crippen LogP contribution is 2.24. The second-order valence-electron chi connectivity index (χ2n) is 7.49. The molecule has 0 saturated carbocycles. The molecule has 0 radical (unpaired) electrons. The van der Waals surface area contributed by atoms with Crippen LogP contribution in [0.15, 0.2) is 15.3 Å². The van der Waals surface area contributed by atoms with Gasteiger partial charge >= 0.3 is 11.7 Å². The van der Waals surface area contributed by atoms with Crippen molar-refractivity contribution in [1.29, 1.82) is 0 Å². The predicted molar refractivity (Wildman–Crippen MR) is 101 cm³/mol. The van der Waals surface area contributed by atoms with Crippen LogP contribution in [0.5, 0.6) is 0 Å². The van der Waals surface area contributed by atoms with Crippen LogP contribution in [0.4, 0.5) is 4.79 Å². The van der Waals surface area contributed by atoms with Gasteiger partial charge in [0.05, 0.1) is 0 Å². The summed E-state index contributed by atoms with van der Waals surface area (Å²) in [5.41, 5.74) is 0.200. The topological polar surface area (TPSA) is 86.1 Å². The van der Waals surface area contributed by atoms with Crippen molar-refractivity contribution in [1.82, 2.24) is 20.0 Å². The minimum Gasteiger partial charge on any atom is -0.427 e. The predicted octanol–water partition coefficient (Wildman–Crippen LogP) is 0.855. The van der Waals surface area contributed by atoms with Crippen molar-refractivity contribution in [3.05, 3.63) is 33.4 Å². The number of amides is 3. The van der Waals surface area contributed by atoms with Crippen LogP contribution in [-0.2, 0) is 0 Å². The number of urea groups is 1. The third-order valence-electron chi connectivity index (χ3n) is 5.30. The Morgan fingerprint density at radius 2 is 1.85 bits per heavy atom. The Labute approximate surface area is 159 Å². The standard InChI is InChI=1S/C19H28N4O4/c1-13-11-15(14-5-4-6-20-12-14)27-18(25)16(13)17(24)22-7-9-23(10-8-22)19(26)21(2)3/h11,14,20H,4-10,12H2,1-3H3. The smallest absolute Gasteiger partial charge is 0.349 e. The van der Waals surface area contributed by atoms with E-state index in [1.54, 1.807) is 30.8 Å². The maximum Gasteiger partial charge on any atom is 0.349 e. The van der Waals surface area contributed by atoms with Gasteiger partial charge in [-0.3, -0.25) is 4.79 Å². The summed E-state index contributed by atoms with van der Waals surface area (Å²) in [6, 6.07) is 1.77. The Kier molecular flexibility index (Phi) is 5.84. The van der Waals surface area contributed by atoms with Gasteiger partial charge in [-0.05, 0) is 37.9 Å². The van der Waals surface area contributed by atoms with Crippen LogP contribution < -0.4 is 10.9 Å². The molecule has 0 spiro atoms. The van der Waals surface area contributed by atoms with E-state index in [4.69, 9.17) is 4.42 Å². The highest BCUT2D eigenvalue weighted by Gasteiger charge is 2.29. The van der Waals surface area contributed by atoms with Crippen LogP contribution in [-0.4, -0.2) is 80.0 Å². The molecule has 1 N–H and O–H groups in total. The number of piperazine rings is 1. The van der Waals surface area contributed by atoms with Crippen LogP contribution >= 0.6 is 0 Å². The van der Waals surface area contributed by atoms with Gasteiger partial charge in [0.25, 0.3) is 5.91 Å². The average molecular weight is 376 g/mol. The van der Waals surface area contributed by atoms with E-state index in [0.717, 1.165) is 25.9 Å². The molecule has 1 aromatic heterocycles. The van der Waals surface area contributed by atoms with Gasteiger partial charge in [0.15, 0.2) is 0 Å². The number of piperidine rings is 1. The van der Waals surface area contributed by atoms with Gasteiger partial charge < -0.3 is 24.4 Å². The van der Waals surface area contributed by atoms with E-state index in [1.807, 2.05) is 6.07 Å². The molecular weight excluding hydrogens is 348 g/mol. The average Bonchev–Trinajstić information content (AvgIpc) is 2.67. The number of hydrogen-bond donors (Lipinski definition) is 1. The number of nitrogens with one attached hydrogen (secondary N) is 1. The lowest BCUT2D eigenvalue weighted by Gasteiger charge is -2.36. The third-order valence-corrected chi connectivity index (χ3v) is 5.30. The Morgan fingerprint density at radius 3 is 2.41 bits per heavy atom. The van der Waals surface area contributed by atoms with Crippen molar-refractivity contribution in [3.8, 4) is 0 Å². The SMILES string of the molecule is Cc1cc(C2CCCNC2)oc(=O)c1C(=O)N1CCN(C(=O)N(C)C)CC1. The molecule has 1 atom stereocenters. The highest BCUT2D eigenvalue weighted by molar-refractivity contribution is 5.95. The first-order valence-electron chi connectivity index (χ1n) is 9.49. The highest BCUT2D eigenvalue weighted by atomic mass is 16.4. The first-order chi connectivity index (χ1) is 12.9. The molecule has 1 unspecified atom stereocenters. The molecule has 0 bridgehead atoms. The minimum atomic E-state index is -0.563. The number of rotatable bonds is 2. The van der Waals surface area contributed by atoms with Crippen molar-refractivity contribution >= 4 is 11.9 Å². The maximum absolute atomic E-state index is 12.9. The van der Waals surface area contributed by atoms with Gasteiger partial charge in [0.1, 0.15) is 11.3 Å². The Balaban J connectivity index is 1.72. The van der Waals surface area contributed by atoms with Crippen LogP contribution in [0.25, 0.3) is 0 Å². The normalized spacial score (nSPS) is 20.5. The fraction of sp³-hybridized carbons (Fsp3) is 0.632. The summed E-state index contributed by atoms with van der Waals surface area (Å²) in [4.78, 5) is 42.3. The summed E-state index contributed by atoms with van der Waals surface area (Å²) in [6.45, 7) is 5.29. The molecule has 3 heterocycles. The zero-order valence-corrected chi connectivity index (χ0v) is 16.3. The quantitative estimate of drug-likeness (QED) is 0.827. The van der Waals surface area contributed by atoms with Crippen LogP contribution in [0.1, 0.15) is 40.4 Å². The molecule has 8 heteroatoms. The summed E-state index contributed by atoms with van der Waals surface area (Å²) in [6.07, 6.45) is 2.02. The molecule has 2 saturated heterocycles. The Hall–Kier alpha value is -2.35. The monoisotopic (exact) mass is 376 g/mol. The molecule has 8 nitrogen and oxygen atoms in total. The largest absolute Gasteiger partial charge is 0.427 e. The third kappa shape index (κ3) is 4.16. The summed E-state index contributed by atoms with van der Waals surface area (Å²) < 4.78 is 5.52. The van der Waals surface area contributed by atoms with Crippen LogP contribution in [0, 0.1) is 6.92 Å². The van der Waals surface area contributed by atoms with Crippen molar-refractivity contribution in [2.75, 3.05) is 53.4 Å². The molecule has 148 valence electrons. The fourth-order valence-corrected chi connectivity index (χ4v) is 3.73. The molecule has 3 rings (SSSR count). The second-order valence-corrected chi connectivity index (χ2v) is 7.49. The van der Waals surface area contributed by atoms with E-state index >= 15 is 0 Å². The number of carbonyl (C=O) groups excluding carboxylic acids is 2. The van der Waals surface area contributed by atoms with Crippen molar-refractivity contribution in [2.24, 2.45) is 0 Å². The molecule has 0 aromatic carbocycles. The lowest BCUT2D eigenvalue weighted by molar-refractivity contribution is 0.0644.